The highest BCUT2D eigenvalue weighted by atomic mass is 16.1. The minimum Gasteiger partial charge on any atom is -0.328 e. The van der Waals surface area contributed by atoms with Crippen LogP contribution in [0.2, 0.25) is 0 Å². The molecule has 0 aromatic heterocycles. The first-order valence-corrected chi connectivity index (χ1v) is 5.00. The summed E-state index contributed by atoms with van der Waals surface area (Å²) < 4.78 is 0. The number of aryl methyl sites for hydroxylation is 1. The summed E-state index contributed by atoms with van der Waals surface area (Å²) in [5.41, 5.74) is 2.30. The van der Waals surface area contributed by atoms with Crippen molar-refractivity contribution in [3.05, 3.63) is 42.2 Å². The molecule has 1 N–H and O–H groups in total. The van der Waals surface area contributed by atoms with E-state index in [9.17, 15) is 4.79 Å². The first-order chi connectivity index (χ1) is 7.16. The lowest BCUT2D eigenvalue weighted by atomic mass is 10.2. The van der Waals surface area contributed by atoms with E-state index in [2.05, 4.69) is 31.0 Å². The number of carbonyl (C=O) groups excluding carboxylic acids is 1. The van der Waals surface area contributed by atoms with Gasteiger partial charge < -0.3 is 10.2 Å². The van der Waals surface area contributed by atoms with Crippen LogP contribution in [0.25, 0.3) is 0 Å². The average Bonchev–Trinajstić information content (AvgIpc) is 2.20. The van der Waals surface area contributed by atoms with Crippen molar-refractivity contribution >= 4 is 11.6 Å². The average molecular weight is 202 g/mol. The SMILES string of the molecule is C=C1NC(=O)CCN1c1ccc(C)cc1. The van der Waals surface area contributed by atoms with Crippen LogP contribution in [0, 0.1) is 6.92 Å². The lowest BCUT2D eigenvalue weighted by Gasteiger charge is -2.30. The van der Waals surface area contributed by atoms with Gasteiger partial charge in [0, 0.05) is 18.7 Å². The van der Waals surface area contributed by atoms with Crippen molar-refractivity contribution < 1.29 is 4.79 Å². The zero-order chi connectivity index (χ0) is 10.8. The number of benzene rings is 1. The minimum atomic E-state index is 0.0448. The Kier molecular flexibility index (Phi) is 2.46. The number of hydrogen-bond acceptors (Lipinski definition) is 2. The van der Waals surface area contributed by atoms with Gasteiger partial charge in [0.2, 0.25) is 5.91 Å². The second-order valence-electron chi connectivity index (χ2n) is 3.73. The molecule has 0 bridgehead atoms. The van der Waals surface area contributed by atoms with Crippen LogP contribution in [-0.2, 0) is 4.79 Å². The maximum Gasteiger partial charge on any atom is 0.227 e. The second kappa shape index (κ2) is 3.77. The maximum atomic E-state index is 11.1. The molecule has 0 unspecified atom stereocenters. The van der Waals surface area contributed by atoms with E-state index >= 15 is 0 Å². The van der Waals surface area contributed by atoms with Crippen LogP contribution in [0.5, 0.6) is 0 Å². The number of anilines is 1. The van der Waals surface area contributed by atoms with Gasteiger partial charge in [-0.2, -0.15) is 0 Å². The Balaban J connectivity index is 2.20. The molecule has 0 spiro atoms. The molecule has 78 valence electrons. The fraction of sp³-hybridized carbons (Fsp3) is 0.250. The van der Waals surface area contributed by atoms with E-state index in [1.807, 2.05) is 17.0 Å². The number of rotatable bonds is 1. The smallest absolute Gasteiger partial charge is 0.227 e. The van der Waals surface area contributed by atoms with E-state index in [0.717, 1.165) is 5.69 Å². The molecule has 1 aromatic carbocycles. The minimum absolute atomic E-state index is 0.0448. The Bertz CT molecular complexity index is 395. The third-order valence-electron chi connectivity index (χ3n) is 2.52. The van der Waals surface area contributed by atoms with Gasteiger partial charge in [0.1, 0.15) is 5.82 Å². The van der Waals surface area contributed by atoms with Crippen LogP contribution in [0.4, 0.5) is 5.69 Å². The molecule has 3 heteroatoms. The van der Waals surface area contributed by atoms with E-state index < -0.39 is 0 Å². The van der Waals surface area contributed by atoms with Gasteiger partial charge in [-0.1, -0.05) is 24.3 Å². The summed E-state index contributed by atoms with van der Waals surface area (Å²) in [6.07, 6.45) is 0.521. The van der Waals surface area contributed by atoms with Crippen molar-refractivity contribution in [1.29, 1.82) is 0 Å². The van der Waals surface area contributed by atoms with Crippen molar-refractivity contribution in [2.24, 2.45) is 0 Å². The van der Waals surface area contributed by atoms with Gasteiger partial charge in [-0.05, 0) is 19.1 Å². The molecular formula is C12H14N2O. The van der Waals surface area contributed by atoms with E-state index in [1.165, 1.54) is 5.56 Å². The number of hydrogen-bond donors (Lipinski definition) is 1. The predicted octanol–water partition coefficient (Wildman–Crippen LogP) is 1.79. The molecular weight excluding hydrogens is 188 g/mol. The topological polar surface area (TPSA) is 32.3 Å². The van der Waals surface area contributed by atoms with Gasteiger partial charge in [0.25, 0.3) is 0 Å². The van der Waals surface area contributed by atoms with Crippen molar-refractivity contribution in [3.63, 3.8) is 0 Å². The first-order valence-electron chi connectivity index (χ1n) is 5.00. The molecule has 1 heterocycles. The van der Waals surface area contributed by atoms with Crippen LogP contribution in [0.15, 0.2) is 36.7 Å². The maximum absolute atomic E-state index is 11.1. The molecule has 15 heavy (non-hydrogen) atoms. The molecule has 1 aliphatic rings. The van der Waals surface area contributed by atoms with Crippen LogP contribution in [-0.4, -0.2) is 12.5 Å². The molecule has 1 saturated heterocycles. The van der Waals surface area contributed by atoms with Crippen LogP contribution in [0.3, 0.4) is 0 Å². The van der Waals surface area contributed by atoms with Crippen LogP contribution < -0.4 is 10.2 Å². The van der Waals surface area contributed by atoms with E-state index in [1.54, 1.807) is 0 Å². The zero-order valence-electron chi connectivity index (χ0n) is 8.79. The molecule has 1 aliphatic heterocycles. The molecule has 1 amide bonds. The third-order valence-corrected chi connectivity index (χ3v) is 2.52. The largest absolute Gasteiger partial charge is 0.328 e. The fourth-order valence-corrected chi connectivity index (χ4v) is 1.65. The summed E-state index contributed by atoms with van der Waals surface area (Å²) in [5.74, 6) is 0.707. The van der Waals surface area contributed by atoms with Crippen molar-refractivity contribution in [2.75, 3.05) is 11.4 Å². The number of carbonyl (C=O) groups is 1. The molecule has 0 aliphatic carbocycles. The first kappa shape index (κ1) is 9.77. The summed E-state index contributed by atoms with van der Waals surface area (Å²) in [4.78, 5) is 13.1. The Morgan fingerprint density at radius 3 is 2.60 bits per heavy atom. The zero-order valence-corrected chi connectivity index (χ0v) is 8.79. The highest BCUT2D eigenvalue weighted by Crippen LogP contribution is 2.20. The van der Waals surface area contributed by atoms with Gasteiger partial charge in [-0.15, -0.1) is 0 Å². The molecule has 0 radical (unpaired) electrons. The summed E-state index contributed by atoms with van der Waals surface area (Å²) in [6, 6.07) is 8.19. The summed E-state index contributed by atoms with van der Waals surface area (Å²) in [6.45, 7) is 6.59. The third kappa shape index (κ3) is 2.01. The van der Waals surface area contributed by atoms with Crippen LogP contribution >= 0.6 is 0 Å². The summed E-state index contributed by atoms with van der Waals surface area (Å²) >= 11 is 0. The Hall–Kier alpha value is -1.77. The second-order valence-corrected chi connectivity index (χ2v) is 3.73. The van der Waals surface area contributed by atoms with Gasteiger partial charge in [-0.3, -0.25) is 4.79 Å². The number of amides is 1. The Morgan fingerprint density at radius 1 is 1.33 bits per heavy atom. The van der Waals surface area contributed by atoms with Gasteiger partial charge >= 0.3 is 0 Å². The van der Waals surface area contributed by atoms with E-state index in [-0.39, 0.29) is 5.91 Å². The van der Waals surface area contributed by atoms with Crippen molar-refractivity contribution in [2.45, 2.75) is 13.3 Å². The van der Waals surface area contributed by atoms with Crippen molar-refractivity contribution in [3.8, 4) is 0 Å². The molecule has 1 fully saturated rings. The number of nitrogens with one attached hydrogen (secondary N) is 1. The molecule has 3 nitrogen and oxygen atoms in total. The lowest BCUT2D eigenvalue weighted by molar-refractivity contribution is -0.120. The highest BCUT2D eigenvalue weighted by molar-refractivity contribution is 5.81. The van der Waals surface area contributed by atoms with Crippen molar-refractivity contribution in [1.82, 2.24) is 5.32 Å². The van der Waals surface area contributed by atoms with E-state index in [4.69, 9.17) is 0 Å². The van der Waals surface area contributed by atoms with E-state index in [0.29, 0.717) is 18.8 Å². The highest BCUT2D eigenvalue weighted by Gasteiger charge is 2.18. The fourth-order valence-electron chi connectivity index (χ4n) is 1.65. The monoisotopic (exact) mass is 202 g/mol. The van der Waals surface area contributed by atoms with Crippen LogP contribution in [0.1, 0.15) is 12.0 Å². The quantitative estimate of drug-likeness (QED) is 0.753. The van der Waals surface area contributed by atoms with Gasteiger partial charge in [0.05, 0.1) is 0 Å². The van der Waals surface area contributed by atoms with Gasteiger partial charge in [0.15, 0.2) is 0 Å². The number of nitrogens with zero attached hydrogens (tertiary/aromatic N) is 1. The Morgan fingerprint density at radius 2 is 2.00 bits per heavy atom. The molecule has 2 rings (SSSR count). The standard InChI is InChI=1S/C12H14N2O/c1-9-3-5-11(6-4-9)14-8-7-12(15)13-10(14)2/h3-6H,2,7-8H2,1H3,(H,13,15). The predicted molar refractivity (Wildman–Crippen MR) is 60.4 cm³/mol. The summed E-state index contributed by atoms with van der Waals surface area (Å²) in [5, 5.41) is 2.73. The lowest BCUT2D eigenvalue weighted by Crippen LogP contribution is -2.42. The Labute approximate surface area is 89.4 Å². The molecule has 0 atom stereocenters. The molecule has 0 saturated carbocycles. The summed E-state index contributed by atoms with van der Waals surface area (Å²) in [7, 11) is 0. The normalized spacial score (nSPS) is 16.5. The molecule has 1 aromatic rings. The van der Waals surface area contributed by atoms with Gasteiger partial charge in [-0.25, -0.2) is 0 Å².